The van der Waals surface area contributed by atoms with Crippen molar-refractivity contribution >= 4 is 0 Å². The summed E-state index contributed by atoms with van der Waals surface area (Å²) in [5, 5.41) is 0. The fraction of sp³-hybridized carbons (Fsp3) is 0.393. The Balaban J connectivity index is 1.58. The molecule has 3 heteroatoms. The number of allylic oxidation sites excluding steroid dienone is 3. The molecule has 164 valence electrons. The van der Waals surface area contributed by atoms with Crippen LogP contribution in [0.15, 0.2) is 72.5 Å². The van der Waals surface area contributed by atoms with Gasteiger partial charge >= 0.3 is 6.18 Å². The maximum absolute atomic E-state index is 12.9. The number of halogens is 3. The topological polar surface area (TPSA) is 0 Å². The van der Waals surface area contributed by atoms with Crippen LogP contribution in [0.1, 0.15) is 59.9 Å². The molecule has 0 fully saturated rings. The van der Waals surface area contributed by atoms with Crippen molar-refractivity contribution in [3.05, 3.63) is 100 Å². The molecule has 0 aliphatic heterocycles. The lowest BCUT2D eigenvalue weighted by Gasteiger charge is -2.17. The minimum atomic E-state index is -4.28. The summed E-state index contributed by atoms with van der Waals surface area (Å²) >= 11 is 0. The first-order chi connectivity index (χ1) is 14.9. The third kappa shape index (κ3) is 6.74. The molecule has 0 saturated heterocycles. The lowest BCUT2D eigenvalue weighted by Crippen LogP contribution is -2.06. The van der Waals surface area contributed by atoms with E-state index in [0.29, 0.717) is 12.3 Å². The second kappa shape index (κ2) is 10.7. The van der Waals surface area contributed by atoms with Crippen LogP contribution in [0.4, 0.5) is 13.2 Å². The summed E-state index contributed by atoms with van der Waals surface area (Å²) in [5.74, 6) is 0.556. The summed E-state index contributed by atoms with van der Waals surface area (Å²) in [7, 11) is 0. The van der Waals surface area contributed by atoms with Gasteiger partial charge in [-0.3, -0.25) is 0 Å². The van der Waals surface area contributed by atoms with Crippen molar-refractivity contribution < 1.29 is 13.2 Å². The monoisotopic (exact) mass is 424 g/mol. The van der Waals surface area contributed by atoms with Crippen molar-refractivity contribution in [1.29, 1.82) is 0 Å². The van der Waals surface area contributed by atoms with Gasteiger partial charge in [-0.1, -0.05) is 55.1 Å². The van der Waals surface area contributed by atoms with Gasteiger partial charge in [-0.15, -0.1) is 5.73 Å². The Kier molecular flexibility index (Phi) is 7.98. The Morgan fingerprint density at radius 3 is 2.39 bits per heavy atom. The maximum Gasteiger partial charge on any atom is 0.416 e. The van der Waals surface area contributed by atoms with Gasteiger partial charge in [0.1, 0.15) is 0 Å². The zero-order valence-corrected chi connectivity index (χ0v) is 18.3. The van der Waals surface area contributed by atoms with Crippen LogP contribution in [-0.2, 0) is 25.4 Å². The fourth-order valence-corrected chi connectivity index (χ4v) is 4.43. The van der Waals surface area contributed by atoms with Gasteiger partial charge in [-0.05, 0) is 91.7 Å². The Bertz CT molecular complexity index is 948. The van der Waals surface area contributed by atoms with Crippen LogP contribution < -0.4 is 0 Å². The van der Waals surface area contributed by atoms with Crippen LogP contribution >= 0.6 is 0 Å². The van der Waals surface area contributed by atoms with E-state index in [9.17, 15) is 13.2 Å². The second-order valence-corrected chi connectivity index (χ2v) is 8.51. The van der Waals surface area contributed by atoms with Crippen molar-refractivity contribution in [3.63, 3.8) is 0 Å². The quantitative estimate of drug-likeness (QED) is 0.310. The fourth-order valence-electron chi connectivity index (χ4n) is 4.43. The second-order valence-electron chi connectivity index (χ2n) is 8.51. The molecule has 0 heterocycles. The molecule has 0 N–H and O–H groups in total. The average molecular weight is 425 g/mol. The molecule has 0 nitrogen and oxygen atoms in total. The molecule has 1 aliphatic rings. The zero-order chi connectivity index (χ0) is 22.3. The van der Waals surface area contributed by atoms with Crippen molar-refractivity contribution in [1.82, 2.24) is 0 Å². The predicted octanol–water partition coefficient (Wildman–Crippen LogP) is 8.19. The van der Waals surface area contributed by atoms with E-state index in [1.54, 1.807) is 6.07 Å². The molecule has 1 aliphatic carbocycles. The van der Waals surface area contributed by atoms with Gasteiger partial charge in [0.05, 0.1) is 5.56 Å². The third-order valence-corrected chi connectivity index (χ3v) is 6.22. The van der Waals surface area contributed by atoms with Crippen molar-refractivity contribution in [2.24, 2.45) is 5.92 Å². The number of hydrogen-bond acceptors (Lipinski definition) is 0. The van der Waals surface area contributed by atoms with Crippen molar-refractivity contribution in [3.8, 4) is 0 Å². The summed E-state index contributed by atoms with van der Waals surface area (Å²) in [5.41, 5.74) is 8.47. The number of benzene rings is 2. The summed E-state index contributed by atoms with van der Waals surface area (Å²) in [4.78, 5) is 0. The highest BCUT2D eigenvalue weighted by molar-refractivity contribution is 5.34. The van der Waals surface area contributed by atoms with Gasteiger partial charge < -0.3 is 0 Å². The lowest BCUT2D eigenvalue weighted by atomic mass is 9.87. The first-order valence-electron chi connectivity index (χ1n) is 11.1. The smallest absolute Gasteiger partial charge is 0.166 e. The summed E-state index contributed by atoms with van der Waals surface area (Å²) in [6.07, 6.45) is 8.08. The van der Waals surface area contributed by atoms with E-state index in [-0.39, 0.29) is 0 Å². The molecule has 0 radical (unpaired) electrons. The molecule has 3 rings (SSSR count). The van der Waals surface area contributed by atoms with Crippen LogP contribution in [0.3, 0.4) is 0 Å². The first-order valence-corrected chi connectivity index (χ1v) is 11.1. The zero-order valence-electron chi connectivity index (χ0n) is 18.3. The largest absolute Gasteiger partial charge is 0.416 e. The van der Waals surface area contributed by atoms with Gasteiger partial charge in [0.15, 0.2) is 0 Å². The average Bonchev–Trinajstić information content (AvgIpc) is 3.02. The third-order valence-electron chi connectivity index (χ3n) is 6.22. The molecule has 0 unspecified atom stereocenters. The Morgan fingerprint density at radius 2 is 1.74 bits per heavy atom. The molecule has 0 atom stereocenters. The predicted molar refractivity (Wildman–Crippen MR) is 122 cm³/mol. The highest BCUT2D eigenvalue weighted by Gasteiger charge is 2.30. The molecule has 0 aromatic heterocycles. The van der Waals surface area contributed by atoms with E-state index >= 15 is 0 Å². The molecule has 0 spiro atoms. The number of rotatable bonds is 7. The lowest BCUT2D eigenvalue weighted by molar-refractivity contribution is -0.137. The Labute approximate surface area is 184 Å². The highest BCUT2D eigenvalue weighted by atomic mass is 19.4. The van der Waals surface area contributed by atoms with Crippen LogP contribution in [0.2, 0.25) is 0 Å². The van der Waals surface area contributed by atoms with Gasteiger partial charge in [0, 0.05) is 6.42 Å². The normalized spacial score (nSPS) is 14.8. The van der Waals surface area contributed by atoms with E-state index in [4.69, 9.17) is 0 Å². The molecule has 2 aromatic carbocycles. The van der Waals surface area contributed by atoms with Crippen LogP contribution in [0.5, 0.6) is 0 Å². The molecule has 0 saturated carbocycles. The maximum atomic E-state index is 12.9. The van der Waals surface area contributed by atoms with E-state index in [1.807, 2.05) is 0 Å². The first kappa shape index (κ1) is 23.2. The minimum Gasteiger partial charge on any atom is -0.166 e. The molecular formula is C28H31F3. The SMILES string of the molecule is C=C=C(Cc1ccc(CCCc2cccc(C(F)(F)F)c2)c(C)c1)C1CCC=CCC1. The van der Waals surface area contributed by atoms with Crippen molar-refractivity contribution in [2.75, 3.05) is 0 Å². The van der Waals surface area contributed by atoms with E-state index in [1.165, 1.54) is 47.2 Å². The van der Waals surface area contributed by atoms with E-state index in [2.05, 4.69) is 49.6 Å². The van der Waals surface area contributed by atoms with E-state index < -0.39 is 11.7 Å². The standard InChI is InChI=1S/C28H31F3/c1-3-24(26-12-6-4-5-7-13-26)19-23-16-17-25(21(2)18-23)14-8-10-22-11-9-15-27(20-22)28(29,30)31/h4-5,9,11,15-18,20,26H,1,6-8,10,12-14,19H2,2H3. The summed E-state index contributed by atoms with van der Waals surface area (Å²) in [6.45, 7) is 6.06. The molecule has 0 bridgehead atoms. The summed E-state index contributed by atoms with van der Waals surface area (Å²) in [6, 6.07) is 12.3. The molecule has 2 aromatic rings. The Morgan fingerprint density at radius 1 is 1.00 bits per heavy atom. The van der Waals surface area contributed by atoms with Crippen LogP contribution in [0.25, 0.3) is 0 Å². The van der Waals surface area contributed by atoms with Gasteiger partial charge in [-0.25, -0.2) is 0 Å². The van der Waals surface area contributed by atoms with E-state index in [0.717, 1.165) is 43.7 Å². The Hall–Kier alpha value is -2.51. The van der Waals surface area contributed by atoms with Gasteiger partial charge in [0.25, 0.3) is 0 Å². The number of hydrogen-bond donors (Lipinski definition) is 0. The highest BCUT2D eigenvalue weighted by Crippen LogP contribution is 2.30. The number of aryl methyl sites for hydroxylation is 3. The van der Waals surface area contributed by atoms with Gasteiger partial charge in [0.2, 0.25) is 0 Å². The molecular weight excluding hydrogens is 393 g/mol. The molecule has 31 heavy (non-hydrogen) atoms. The van der Waals surface area contributed by atoms with Gasteiger partial charge in [-0.2, -0.15) is 13.2 Å². The summed E-state index contributed by atoms with van der Waals surface area (Å²) < 4.78 is 38.7. The van der Waals surface area contributed by atoms with Crippen molar-refractivity contribution in [2.45, 2.75) is 64.5 Å². The minimum absolute atomic E-state index is 0.556. The van der Waals surface area contributed by atoms with Crippen LogP contribution in [-0.4, -0.2) is 0 Å². The molecule has 0 amide bonds. The number of alkyl halides is 3. The van der Waals surface area contributed by atoms with Crippen LogP contribution in [0, 0.1) is 12.8 Å².